The van der Waals surface area contributed by atoms with Gasteiger partial charge in [0.1, 0.15) is 17.3 Å². The second-order valence-electron chi connectivity index (χ2n) is 9.19. The lowest BCUT2D eigenvalue weighted by atomic mass is 9.91. The van der Waals surface area contributed by atoms with Crippen LogP contribution in [0.25, 0.3) is 0 Å². The van der Waals surface area contributed by atoms with E-state index in [0.29, 0.717) is 12.1 Å². The average molecular weight is 440 g/mol. The van der Waals surface area contributed by atoms with E-state index >= 15 is 0 Å². The van der Waals surface area contributed by atoms with Crippen molar-refractivity contribution in [2.45, 2.75) is 70.0 Å². The Morgan fingerprint density at radius 2 is 1.56 bits per heavy atom. The highest BCUT2D eigenvalue weighted by atomic mass is 16.5. The van der Waals surface area contributed by atoms with Gasteiger partial charge in [0.15, 0.2) is 0 Å². The molecule has 2 aromatic rings. The van der Waals surface area contributed by atoms with Crippen LogP contribution in [0.3, 0.4) is 0 Å². The second-order valence-corrected chi connectivity index (χ2v) is 9.19. The van der Waals surface area contributed by atoms with Crippen molar-refractivity contribution in [1.82, 2.24) is 15.3 Å². The Balaban J connectivity index is 1.31. The molecule has 32 heavy (non-hydrogen) atoms. The van der Waals surface area contributed by atoms with Crippen LogP contribution in [0.1, 0.15) is 55.3 Å². The zero-order valence-electron chi connectivity index (χ0n) is 19.9. The van der Waals surface area contributed by atoms with E-state index in [4.69, 9.17) is 19.4 Å². The van der Waals surface area contributed by atoms with Crippen molar-refractivity contribution < 1.29 is 9.47 Å². The van der Waals surface area contributed by atoms with Gasteiger partial charge in [0.05, 0.1) is 19.9 Å². The van der Waals surface area contributed by atoms with Gasteiger partial charge in [-0.05, 0) is 69.1 Å². The molecule has 0 amide bonds. The molecule has 2 aliphatic rings. The van der Waals surface area contributed by atoms with Gasteiger partial charge < -0.3 is 25.0 Å². The van der Waals surface area contributed by atoms with Crippen LogP contribution >= 0.6 is 0 Å². The molecule has 0 radical (unpaired) electrons. The molecule has 0 aliphatic heterocycles. The third-order valence-electron chi connectivity index (χ3n) is 6.65. The number of aryl methyl sites for hydroxylation is 1. The first-order valence-corrected chi connectivity index (χ1v) is 11.8. The van der Waals surface area contributed by atoms with Gasteiger partial charge in [0.25, 0.3) is 0 Å². The number of rotatable bonds is 8. The van der Waals surface area contributed by atoms with Crippen LogP contribution in [0, 0.1) is 0 Å². The highest BCUT2D eigenvalue weighted by molar-refractivity contribution is 5.53. The van der Waals surface area contributed by atoms with Gasteiger partial charge in [-0.15, -0.1) is 0 Å². The quantitative estimate of drug-likeness (QED) is 0.645. The summed E-state index contributed by atoms with van der Waals surface area (Å²) in [5.41, 5.74) is 3.76. The minimum absolute atomic E-state index is 0.432. The van der Waals surface area contributed by atoms with E-state index in [0.717, 1.165) is 68.3 Å². The van der Waals surface area contributed by atoms with E-state index in [1.165, 1.54) is 29.7 Å². The smallest absolute Gasteiger partial charge is 0.225 e. The lowest BCUT2D eigenvalue weighted by Crippen LogP contribution is -2.37. The van der Waals surface area contributed by atoms with Gasteiger partial charge in [-0.1, -0.05) is 0 Å². The van der Waals surface area contributed by atoms with E-state index in [1.807, 2.05) is 6.07 Å². The van der Waals surface area contributed by atoms with Crippen LogP contribution in [0.4, 0.5) is 11.8 Å². The first kappa shape index (κ1) is 22.6. The third kappa shape index (κ3) is 5.44. The Morgan fingerprint density at radius 3 is 2.22 bits per heavy atom. The van der Waals surface area contributed by atoms with E-state index < -0.39 is 0 Å². The van der Waals surface area contributed by atoms with Crippen molar-refractivity contribution >= 4 is 11.8 Å². The van der Waals surface area contributed by atoms with Gasteiger partial charge in [0.2, 0.25) is 5.95 Å². The highest BCUT2D eigenvalue weighted by Gasteiger charge is 2.24. The summed E-state index contributed by atoms with van der Waals surface area (Å²) in [5, 5.41) is 7.35. The molecule has 2 aliphatic carbocycles. The lowest BCUT2D eigenvalue weighted by Gasteiger charge is -2.30. The summed E-state index contributed by atoms with van der Waals surface area (Å²) in [7, 11) is 7.54. The maximum absolute atomic E-state index is 5.39. The summed E-state index contributed by atoms with van der Waals surface area (Å²) in [5.74, 6) is 3.54. The van der Waals surface area contributed by atoms with Gasteiger partial charge in [0, 0.05) is 44.4 Å². The van der Waals surface area contributed by atoms with Crippen molar-refractivity contribution in [3.8, 4) is 11.5 Å². The summed E-state index contributed by atoms with van der Waals surface area (Å²) in [6.45, 7) is 0.816. The molecule has 174 valence electrons. The Bertz CT molecular complexity index is 887. The summed E-state index contributed by atoms with van der Waals surface area (Å²) in [4.78, 5) is 11.9. The zero-order chi connectivity index (χ0) is 22.5. The van der Waals surface area contributed by atoms with Crippen LogP contribution in [0.2, 0.25) is 0 Å². The molecular weight excluding hydrogens is 402 g/mol. The summed E-state index contributed by atoms with van der Waals surface area (Å²) >= 11 is 0. The van der Waals surface area contributed by atoms with Crippen molar-refractivity contribution in [2.75, 3.05) is 38.5 Å². The molecule has 0 bridgehead atoms. The van der Waals surface area contributed by atoms with Crippen molar-refractivity contribution in [3.05, 3.63) is 35.0 Å². The number of benzene rings is 1. The summed E-state index contributed by atoms with van der Waals surface area (Å²) in [6.07, 6.45) is 9.16. The standard InChI is InChI=1S/C25H37N5O2/c1-30(2)24-22-7-5-6-8-23(22)28-25(29-24)27-19-11-9-18(10-12-19)26-16-17-13-20(31-3)15-21(14-17)32-4/h13-15,18-19,26H,5-12,16H2,1-4H3,(H,27,28,29)/t18-,19+. The Labute approximate surface area is 191 Å². The molecule has 1 aromatic carbocycles. The van der Waals surface area contributed by atoms with Crippen LogP contribution < -0.4 is 25.0 Å². The zero-order valence-corrected chi connectivity index (χ0v) is 19.9. The van der Waals surface area contributed by atoms with Gasteiger partial charge in [-0.2, -0.15) is 4.98 Å². The average Bonchev–Trinajstić information content (AvgIpc) is 2.82. The number of ether oxygens (including phenoxy) is 2. The monoisotopic (exact) mass is 439 g/mol. The summed E-state index contributed by atoms with van der Waals surface area (Å²) < 4.78 is 10.8. The fraction of sp³-hybridized carbons (Fsp3) is 0.600. The minimum atomic E-state index is 0.432. The predicted molar refractivity (Wildman–Crippen MR) is 129 cm³/mol. The number of nitrogens with zero attached hydrogens (tertiary/aromatic N) is 3. The molecule has 1 saturated carbocycles. The Kier molecular flexibility index (Phi) is 7.35. The fourth-order valence-electron chi connectivity index (χ4n) is 4.86. The molecule has 7 nitrogen and oxygen atoms in total. The normalized spacial score (nSPS) is 20.4. The van der Waals surface area contributed by atoms with E-state index in [1.54, 1.807) is 14.2 Å². The first-order chi connectivity index (χ1) is 15.6. The maximum atomic E-state index is 5.39. The van der Waals surface area contributed by atoms with Crippen molar-refractivity contribution in [2.24, 2.45) is 0 Å². The molecule has 4 rings (SSSR count). The molecular formula is C25H37N5O2. The lowest BCUT2D eigenvalue weighted by molar-refractivity contribution is 0.351. The topological polar surface area (TPSA) is 71.5 Å². The second kappa shape index (κ2) is 10.4. The van der Waals surface area contributed by atoms with Crippen LogP contribution in [-0.4, -0.2) is 50.4 Å². The number of methoxy groups -OCH3 is 2. The highest BCUT2D eigenvalue weighted by Crippen LogP contribution is 2.29. The Morgan fingerprint density at radius 1 is 0.906 bits per heavy atom. The van der Waals surface area contributed by atoms with E-state index in [-0.39, 0.29) is 0 Å². The summed E-state index contributed by atoms with van der Waals surface area (Å²) in [6, 6.07) is 7.00. The van der Waals surface area contributed by atoms with Gasteiger partial charge >= 0.3 is 0 Å². The number of hydrogen-bond donors (Lipinski definition) is 2. The third-order valence-corrected chi connectivity index (χ3v) is 6.65. The number of hydrogen-bond acceptors (Lipinski definition) is 7. The molecule has 7 heteroatoms. The van der Waals surface area contributed by atoms with Crippen LogP contribution in [0.15, 0.2) is 18.2 Å². The fourth-order valence-corrected chi connectivity index (χ4v) is 4.86. The predicted octanol–water partition coefficient (Wildman–Crippen LogP) is 3.95. The largest absolute Gasteiger partial charge is 0.497 e. The van der Waals surface area contributed by atoms with Crippen LogP contribution in [0.5, 0.6) is 11.5 Å². The van der Waals surface area contributed by atoms with Crippen molar-refractivity contribution in [3.63, 3.8) is 0 Å². The molecule has 0 unspecified atom stereocenters. The number of nitrogens with one attached hydrogen (secondary N) is 2. The van der Waals surface area contributed by atoms with Gasteiger partial charge in [-0.25, -0.2) is 4.98 Å². The number of fused-ring (bicyclic) bond motifs is 1. The molecule has 1 fully saturated rings. The molecule has 0 atom stereocenters. The number of aromatic nitrogens is 2. The maximum Gasteiger partial charge on any atom is 0.225 e. The minimum Gasteiger partial charge on any atom is -0.497 e. The van der Waals surface area contributed by atoms with Crippen molar-refractivity contribution in [1.29, 1.82) is 0 Å². The van der Waals surface area contributed by atoms with Gasteiger partial charge in [-0.3, -0.25) is 0 Å². The molecule has 1 heterocycles. The Hall–Kier alpha value is -2.54. The first-order valence-electron chi connectivity index (χ1n) is 11.8. The number of anilines is 2. The molecule has 0 saturated heterocycles. The molecule has 1 aromatic heterocycles. The SMILES string of the molecule is COc1cc(CN[C@H]2CC[C@@H](Nc3nc4c(c(N(C)C)n3)CCCC4)CC2)cc(OC)c1. The van der Waals surface area contributed by atoms with E-state index in [9.17, 15) is 0 Å². The van der Waals surface area contributed by atoms with Crippen LogP contribution in [-0.2, 0) is 19.4 Å². The molecule has 2 N–H and O–H groups in total. The van der Waals surface area contributed by atoms with E-state index in [2.05, 4.69) is 41.8 Å². The molecule has 0 spiro atoms.